The molecule has 6 rings (SSSR count). The Morgan fingerprint density at radius 3 is 1.06 bits per heavy atom. The molecule has 0 aromatic rings. The van der Waals surface area contributed by atoms with Crippen molar-refractivity contribution in [2.75, 3.05) is 0 Å². The van der Waals surface area contributed by atoms with Crippen molar-refractivity contribution in [3.8, 4) is 0 Å². The van der Waals surface area contributed by atoms with Gasteiger partial charge in [0.05, 0.1) is 22.7 Å². The Morgan fingerprint density at radius 2 is 0.750 bits per heavy atom. The summed E-state index contributed by atoms with van der Waals surface area (Å²) >= 11 is 0. The average molecular weight is 456 g/mol. The van der Waals surface area contributed by atoms with Gasteiger partial charge in [0.15, 0.2) is 0 Å². The molecule has 4 heterocycles. The average Bonchev–Trinajstić information content (AvgIpc) is 3.15. The van der Waals surface area contributed by atoms with Gasteiger partial charge in [0.1, 0.15) is 11.8 Å². The molecular weight excluding hydrogens is 446 g/mol. The standard InChI is InChI=1S/C10H8O6.C8H2F2O6/c1-9-3(5(11)15-7(9)13)10(2)4(9)6(12)16-8(10)14;9-7-1(3(11)15-5(7)13)8(10)2(7)4(12)16-6(8)14/h3-4H,1-2H3;1-2H. The van der Waals surface area contributed by atoms with Gasteiger partial charge in [0, 0.05) is 0 Å². The lowest BCUT2D eigenvalue weighted by Gasteiger charge is -2.50. The quantitative estimate of drug-likeness (QED) is 0.228. The summed E-state index contributed by atoms with van der Waals surface area (Å²) < 4.78 is 44.8. The molecule has 0 aromatic heterocycles. The van der Waals surface area contributed by atoms with Gasteiger partial charge in [-0.05, 0) is 13.8 Å². The van der Waals surface area contributed by atoms with Crippen molar-refractivity contribution < 1.29 is 66.1 Å². The van der Waals surface area contributed by atoms with E-state index in [0.717, 1.165) is 0 Å². The molecule has 0 bridgehead atoms. The Labute approximate surface area is 174 Å². The first kappa shape index (κ1) is 20.3. The molecule has 2 aliphatic carbocycles. The van der Waals surface area contributed by atoms with E-state index in [1.54, 1.807) is 0 Å². The topological polar surface area (TPSA) is 173 Å². The Hall–Kier alpha value is -3.58. The van der Waals surface area contributed by atoms with Crippen molar-refractivity contribution in [3.05, 3.63) is 0 Å². The molecule has 32 heavy (non-hydrogen) atoms. The largest absolute Gasteiger partial charge is 0.392 e. The third-order valence-electron chi connectivity index (χ3n) is 7.30. The van der Waals surface area contributed by atoms with Crippen LogP contribution in [0.25, 0.3) is 0 Å². The Balaban J connectivity index is 0.000000135. The van der Waals surface area contributed by atoms with Crippen molar-refractivity contribution in [1.29, 1.82) is 0 Å². The van der Waals surface area contributed by atoms with Crippen molar-refractivity contribution in [3.63, 3.8) is 0 Å². The van der Waals surface area contributed by atoms with Gasteiger partial charge in [-0.25, -0.2) is 18.4 Å². The van der Waals surface area contributed by atoms with Crippen molar-refractivity contribution in [1.82, 2.24) is 0 Å². The molecule has 6 fully saturated rings. The SMILES string of the molecule is CC12C(=O)OC(=O)C1C1(C)C(=O)OC(=O)C21.O=C1OC(=O)C2(F)C1C1(F)C(=O)OC(=O)C21. The van der Waals surface area contributed by atoms with Crippen molar-refractivity contribution >= 4 is 47.8 Å². The van der Waals surface area contributed by atoms with Crippen LogP contribution in [-0.4, -0.2) is 59.1 Å². The molecule has 2 saturated carbocycles. The maximum absolute atomic E-state index is 14.0. The number of halogens is 2. The number of cyclic esters (lactones) is 8. The first-order chi connectivity index (χ1) is 14.7. The Kier molecular flexibility index (Phi) is 3.33. The summed E-state index contributed by atoms with van der Waals surface area (Å²) in [6.07, 6.45) is 0. The predicted molar refractivity (Wildman–Crippen MR) is 82.2 cm³/mol. The number of carbonyl (C=O) groups excluding carboxylic acids is 8. The molecule has 0 atom stereocenters. The molecule has 0 spiro atoms. The van der Waals surface area contributed by atoms with Crippen LogP contribution in [0.5, 0.6) is 0 Å². The molecule has 4 aliphatic heterocycles. The highest BCUT2D eigenvalue weighted by Gasteiger charge is 2.93. The summed E-state index contributed by atoms with van der Waals surface area (Å²) in [7, 11) is 0. The monoisotopic (exact) mass is 456 g/mol. The van der Waals surface area contributed by atoms with Crippen LogP contribution in [0.15, 0.2) is 0 Å². The van der Waals surface area contributed by atoms with Gasteiger partial charge in [-0.15, -0.1) is 0 Å². The number of carbonyl (C=O) groups is 8. The van der Waals surface area contributed by atoms with E-state index in [4.69, 9.17) is 0 Å². The number of hydrogen-bond donors (Lipinski definition) is 0. The lowest BCUT2D eigenvalue weighted by Crippen LogP contribution is -2.72. The predicted octanol–water partition coefficient (Wildman–Crippen LogP) is -1.77. The highest BCUT2D eigenvalue weighted by molar-refractivity contribution is 6.17. The van der Waals surface area contributed by atoms with E-state index in [1.165, 1.54) is 13.8 Å². The zero-order valence-corrected chi connectivity index (χ0v) is 16.0. The van der Waals surface area contributed by atoms with Gasteiger partial charge < -0.3 is 18.9 Å². The lowest BCUT2D eigenvalue weighted by molar-refractivity contribution is -0.195. The minimum Gasteiger partial charge on any atom is -0.392 e. The van der Waals surface area contributed by atoms with E-state index in [9.17, 15) is 47.1 Å². The number of esters is 8. The van der Waals surface area contributed by atoms with Crippen LogP contribution in [-0.2, 0) is 57.3 Å². The summed E-state index contributed by atoms with van der Waals surface area (Å²) in [6.45, 7) is 2.94. The summed E-state index contributed by atoms with van der Waals surface area (Å²) in [6, 6.07) is 0. The smallest absolute Gasteiger partial charge is 0.353 e. The second-order valence-electron chi connectivity index (χ2n) is 8.67. The fourth-order valence-corrected chi connectivity index (χ4v) is 5.92. The van der Waals surface area contributed by atoms with Crippen molar-refractivity contribution in [2.45, 2.75) is 25.2 Å². The number of hydrogen-bond acceptors (Lipinski definition) is 12. The normalized spacial score (nSPS) is 49.4. The van der Waals surface area contributed by atoms with E-state index in [0.29, 0.717) is 0 Å². The van der Waals surface area contributed by atoms with E-state index in [-0.39, 0.29) is 0 Å². The van der Waals surface area contributed by atoms with Gasteiger partial charge in [-0.1, -0.05) is 0 Å². The van der Waals surface area contributed by atoms with Gasteiger partial charge in [0.2, 0.25) is 11.3 Å². The van der Waals surface area contributed by atoms with Gasteiger partial charge in [0.25, 0.3) is 0 Å². The van der Waals surface area contributed by atoms with Gasteiger partial charge in [-0.3, -0.25) is 28.8 Å². The summed E-state index contributed by atoms with van der Waals surface area (Å²) in [5.74, 6) is -15.5. The van der Waals surface area contributed by atoms with Crippen LogP contribution in [0.3, 0.4) is 0 Å². The third kappa shape index (κ3) is 1.69. The highest BCUT2D eigenvalue weighted by Crippen LogP contribution is 2.70. The second-order valence-corrected chi connectivity index (χ2v) is 8.67. The maximum atomic E-state index is 14.0. The molecule has 0 unspecified atom stereocenters. The molecule has 168 valence electrons. The molecule has 4 saturated heterocycles. The van der Waals surface area contributed by atoms with Gasteiger partial charge in [-0.2, -0.15) is 0 Å². The molecular formula is C18H10F2O12. The Bertz CT molecular complexity index is 945. The van der Waals surface area contributed by atoms with E-state index in [1.807, 2.05) is 0 Å². The zero-order valence-electron chi connectivity index (χ0n) is 16.0. The van der Waals surface area contributed by atoms with E-state index in [2.05, 4.69) is 18.9 Å². The number of fused-ring (bicyclic) bond motifs is 8. The maximum Gasteiger partial charge on any atom is 0.353 e. The number of ether oxygens (including phenoxy) is 4. The minimum atomic E-state index is -3.10. The molecule has 6 aliphatic rings. The molecule has 12 nitrogen and oxygen atoms in total. The summed E-state index contributed by atoms with van der Waals surface area (Å²) in [5, 5.41) is 0. The number of rotatable bonds is 0. The summed E-state index contributed by atoms with van der Waals surface area (Å²) in [5.41, 5.74) is -8.66. The van der Waals surface area contributed by atoms with Crippen LogP contribution in [0.4, 0.5) is 8.78 Å². The van der Waals surface area contributed by atoms with E-state index >= 15 is 0 Å². The Morgan fingerprint density at radius 1 is 0.500 bits per heavy atom. The van der Waals surface area contributed by atoms with E-state index < -0.39 is 93.6 Å². The highest BCUT2D eigenvalue weighted by atomic mass is 19.2. The molecule has 0 radical (unpaired) electrons. The lowest BCUT2D eigenvalue weighted by atomic mass is 9.41. The molecule has 0 amide bonds. The van der Waals surface area contributed by atoms with Crippen LogP contribution in [0.1, 0.15) is 13.8 Å². The summed E-state index contributed by atoms with van der Waals surface area (Å²) in [4.78, 5) is 90.1. The fourth-order valence-electron chi connectivity index (χ4n) is 5.92. The number of alkyl halides is 2. The minimum absolute atomic E-state index is 0.738. The van der Waals surface area contributed by atoms with Crippen molar-refractivity contribution in [2.24, 2.45) is 34.5 Å². The zero-order chi connectivity index (χ0) is 23.8. The molecule has 0 N–H and O–H groups in total. The van der Waals surface area contributed by atoms with Crippen LogP contribution in [0.2, 0.25) is 0 Å². The first-order valence-corrected chi connectivity index (χ1v) is 9.11. The van der Waals surface area contributed by atoms with Gasteiger partial charge >= 0.3 is 47.8 Å². The molecule has 0 aromatic carbocycles. The third-order valence-corrected chi connectivity index (χ3v) is 7.30. The molecule has 14 heteroatoms. The second kappa shape index (κ2) is 5.24. The van der Waals surface area contributed by atoms with Crippen LogP contribution in [0, 0.1) is 34.5 Å². The van der Waals surface area contributed by atoms with Crippen LogP contribution < -0.4 is 0 Å². The van der Waals surface area contributed by atoms with Crippen LogP contribution >= 0.6 is 0 Å². The fraction of sp³-hybridized carbons (Fsp3) is 0.556. The first-order valence-electron chi connectivity index (χ1n) is 9.11.